The molecular weight excluding hydrogens is 416 g/mol. The Morgan fingerprint density at radius 1 is 0.968 bits per heavy atom. The van der Waals surface area contributed by atoms with Gasteiger partial charge in [-0.25, -0.2) is 8.42 Å². The molecule has 1 amide bonds. The Hall–Kier alpha value is -2.58. The van der Waals surface area contributed by atoms with E-state index < -0.39 is 10.0 Å². The summed E-state index contributed by atoms with van der Waals surface area (Å²) in [7, 11) is -1.82. The normalized spacial score (nSPS) is 14.7. The Balaban J connectivity index is 1.38. The van der Waals surface area contributed by atoms with Crippen LogP contribution in [-0.2, 0) is 21.4 Å². The predicted molar refractivity (Wildman–Crippen MR) is 119 cm³/mol. The zero-order chi connectivity index (χ0) is 22.1. The van der Waals surface area contributed by atoms with Crippen molar-refractivity contribution in [2.24, 2.45) is 0 Å². The van der Waals surface area contributed by atoms with Crippen molar-refractivity contribution >= 4 is 15.9 Å². The van der Waals surface area contributed by atoms with Crippen LogP contribution in [0.5, 0.6) is 11.5 Å². The van der Waals surface area contributed by atoms with E-state index in [2.05, 4.69) is 5.32 Å². The lowest BCUT2D eigenvalue weighted by Crippen LogP contribution is -2.35. The third-order valence-electron chi connectivity index (χ3n) is 5.24. The maximum atomic E-state index is 12.7. The molecule has 1 saturated heterocycles. The predicted octanol–water partition coefficient (Wildman–Crippen LogP) is 3.35. The molecule has 0 atom stereocenters. The molecule has 7 nitrogen and oxygen atoms in total. The third-order valence-corrected chi connectivity index (χ3v) is 7.16. The van der Waals surface area contributed by atoms with E-state index in [1.807, 2.05) is 24.3 Å². The number of ether oxygens (including phenoxy) is 2. The molecule has 3 rings (SSSR count). The summed E-state index contributed by atoms with van der Waals surface area (Å²) in [5.74, 6) is 1.44. The number of methoxy groups -OCH3 is 1. The highest BCUT2D eigenvalue weighted by Crippen LogP contribution is 2.21. The van der Waals surface area contributed by atoms with Crippen molar-refractivity contribution in [3.63, 3.8) is 0 Å². The van der Waals surface area contributed by atoms with Crippen molar-refractivity contribution in [3.05, 3.63) is 54.1 Å². The van der Waals surface area contributed by atoms with Gasteiger partial charge in [0.25, 0.3) is 0 Å². The van der Waals surface area contributed by atoms with Gasteiger partial charge >= 0.3 is 0 Å². The summed E-state index contributed by atoms with van der Waals surface area (Å²) in [5, 5.41) is 2.86. The van der Waals surface area contributed by atoms with Crippen LogP contribution in [-0.4, -0.2) is 45.4 Å². The van der Waals surface area contributed by atoms with Crippen molar-refractivity contribution in [2.75, 3.05) is 26.8 Å². The van der Waals surface area contributed by atoms with Crippen molar-refractivity contribution in [3.8, 4) is 11.5 Å². The van der Waals surface area contributed by atoms with Gasteiger partial charge in [-0.1, -0.05) is 18.6 Å². The average molecular weight is 447 g/mol. The fourth-order valence-corrected chi connectivity index (χ4v) is 4.93. The number of piperidine rings is 1. The van der Waals surface area contributed by atoms with Crippen LogP contribution in [0.25, 0.3) is 0 Å². The van der Waals surface area contributed by atoms with E-state index in [0.29, 0.717) is 44.0 Å². The highest BCUT2D eigenvalue weighted by atomic mass is 32.2. The molecule has 0 spiro atoms. The molecule has 8 heteroatoms. The lowest BCUT2D eigenvalue weighted by atomic mass is 10.2. The molecule has 1 N–H and O–H groups in total. The topological polar surface area (TPSA) is 84.9 Å². The number of nitrogens with zero attached hydrogens (tertiary/aromatic N) is 1. The molecule has 168 valence electrons. The summed E-state index contributed by atoms with van der Waals surface area (Å²) in [4.78, 5) is 12.4. The summed E-state index contributed by atoms with van der Waals surface area (Å²) >= 11 is 0. The largest absolute Gasteiger partial charge is 0.497 e. The molecule has 1 heterocycles. The summed E-state index contributed by atoms with van der Waals surface area (Å²) < 4.78 is 37.6. The Morgan fingerprint density at radius 3 is 2.26 bits per heavy atom. The smallest absolute Gasteiger partial charge is 0.243 e. The average Bonchev–Trinajstić information content (AvgIpc) is 2.81. The number of rotatable bonds is 10. The SMILES string of the molecule is COc1ccc(OCCCC(=O)NCc2ccc(S(=O)(=O)N3CCCCC3)cc2)cc1. The molecule has 1 fully saturated rings. The van der Waals surface area contributed by atoms with E-state index >= 15 is 0 Å². The van der Waals surface area contributed by atoms with E-state index in [1.54, 1.807) is 35.7 Å². The van der Waals surface area contributed by atoms with Crippen molar-refractivity contribution in [2.45, 2.75) is 43.5 Å². The van der Waals surface area contributed by atoms with Gasteiger partial charge in [-0.05, 0) is 61.2 Å². The second-order valence-corrected chi connectivity index (χ2v) is 9.45. The molecule has 0 radical (unpaired) electrons. The maximum absolute atomic E-state index is 12.7. The Kier molecular flexibility index (Phi) is 8.31. The first-order chi connectivity index (χ1) is 15.0. The number of amides is 1. The van der Waals surface area contributed by atoms with Crippen molar-refractivity contribution in [1.29, 1.82) is 0 Å². The summed E-state index contributed by atoms with van der Waals surface area (Å²) in [6.07, 6.45) is 3.86. The quantitative estimate of drug-likeness (QED) is 0.566. The summed E-state index contributed by atoms with van der Waals surface area (Å²) in [6.45, 7) is 1.98. The van der Waals surface area contributed by atoms with Gasteiger partial charge in [0.2, 0.25) is 15.9 Å². The number of nitrogens with one attached hydrogen (secondary N) is 1. The van der Waals surface area contributed by atoms with Gasteiger partial charge in [-0.2, -0.15) is 4.31 Å². The van der Waals surface area contributed by atoms with Gasteiger partial charge in [-0.3, -0.25) is 4.79 Å². The van der Waals surface area contributed by atoms with Gasteiger partial charge in [0, 0.05) is 26.1 Å². The lowest BCUT2D eigenvalue weighted by Gasteiger charge is -2.25. The van der Waals surface area contributed by atoms with Gasteiger partial charge in [0.05, 0.1) is 18.6 Å². The maximum Gasteiger partial charge on any atom is 0.243 e. The van der Waals surface area contributed by atoms with Crippen molar-refractivity contribution in [1.82, 2.24) is 9.62 Å². The van der Waals surface area contributed by atoms with Crippen LogP contribution in [0.2, 0.25) is 0 Å². The van der Waals surface area contributed by atoms with Crippen LogP contribution in [0, 0.1) is 0 Å². The van der Waals surface area contributed by atoms with Gasteiger partial charge < -0.3 is 14.8 Å². The van der Waals surface area contributed by atoms with Crippen LogP contribution >= 0.6 is 0 Å². The summed E-state index contributed by atoms with van der Waals surface area (Å²) in [6, 6.07) is 14.0. The highest BCUT2D eigenvalue weighted by Gasteiger charge is 2.25. The molecule has 2 aromatic carbocycles. The van der Waals surface area contributed by atoms with Crippen LogP contribution in [0.3, 0.4) is 0 Å². The number of hydrogen-bond donors (Lipinski definition) is 1. The van der Waals surface area contributed by atoms with Crippen LogP contribution < -0.4 is 14.8 Å². The second-order valence-electron chi connectivity index (χ2n) is 7.51. The number of benzene rings is 2. The molecule has 0 aromatic heterocycles. The van der Waals surface area contributed by atoms with E-state index in [9.17, 15) is 13.2 Å². The molecule has 0 unspecified atom stereocenters. The third kappa shape index (κ3) is 6.70. The molecule has 2 aromatic rings. The Morgan fingerprint density at radius 2 is 1.61 bits per heavy atom. The lowest BCUT2D eigenvalue weighted by molar-refractivity contribution is -0.121. The zero-order valence-electron chi connectivity index (χ0n) is 17.9. The molecule has 0 aliphatic carbocycles. The molecule has 0 bridgehead atoms. The zero-order valence-corrected chi connectivity index (χ0v) is 18.7. The van der Waals surface area contributed by atoms with Crippen molar-refractivity contribution < 1.29 is 22.7 Å². The van der Waals surface area contributed by atoms with Crippen LogP contribution in [0.1, 0.15) is 37.7 Å². The first kappa shape index (κ1) is 23.1. The van der Waals surface area contributed by atoms with Gasteiger partial charge in [0.15, 0.2) is 0 Å². The first-order valence-electron chi connectivity index (χ1n) is 10.6. The van der Waals surface area contributed by atoms with E-state index in [1.165, 1.54) is 0 Å². The highest BCUT2D eigenvalue weighted by molar-refractivity contribution is 7.89. The van der Waals surface area contributed by atoms with Crippen LogP contribution in [0.15, 0.2) is 53.4 Å². The minimum atomic E-state index is -3.43. The molecule has 1 aliphatic rings. The Labute approximate surface area is 184 Å². The standard InChI is InChI=1S/C23H30N2O5S/c1-29-20-9-11-21(12-10-20)30-17-5-6-23(26)24-18-19-7-13-22(14-8-19)31(27,28)25-15-3-2-4-16-25/h7-14H,2-6,15-18H2,1H3,(H,24,26). The van der Waals surface area contributed by atoms with E-state index in [0.717, 1.165) is 36.3 Å². The first-order valence-corrected chi connectivity index (χ1v) is 12.1. The summed E-state index contributed by atoms with van der Waals surface area (Å²) in [5.41, 5.74) is 0.862. The molecule has 0 saturated carbocycles. The van der Waals surface area contributed by atoms with Gasteiger partial charge in [0.1, 0.15) is 11.5 Å². The molecule has 31 heavy (non-hydrogen) atoms. The van der Waals surface area contributed by atoms with E-state index in [4.69, 9.17) is 9.47 Å². The fourth-order valence-electron chi connectivity index (χ4n) is 3.42. The number of carbonyl (C=O) groups is 1. The minimum Gasteiger partial charge on any atom is -0.497 e. The van der Waals surface area contributed by atoms with E-state index in [-0.39, 0.29) is 5.91 Å². The van der Waals surface area contributed by atoms with Crippen LogP contribution in [0.4, 0.5) is 0 Å². The molecule has 1 aliphatic heterocycles. The fraction of sp³-hybridized carbons (Fsp3) is 0.435. The van der Waals surface area contributed by atoms with Gasteiger partial charge in [-0.15, -0.1) is 0 Å². The number of carbonyl (C=O) groups excluding carboxylic acids is 1. The second kappa shape index (κ2) is 11.2. The number of sulfonamides is 1. The molecular formula is C23H30N2O5S. The Bertz CT molecular complexity index is 937. The number of hydrogen-bond acceptors (Lipinski definition) is 5. The minimum absolute atomic E-state index is 0.0663. The monoisotopic (exact) mass is 446 g/mol.